The van der Waals surface area contributed by atoms with E-state index in [1.54, 1.807) is 12.0 Å². The molecule has 0 bridgehead atoms. The van der Waals surface area contributed by atoms with E-state index in [-0.39, 0.29) is 36.0 Å². The molecular formula is C31H42N4O4. The average Bonchev–Trinajstić information content (AvgIpc) is 3.14. The van der Waals surface area contributed by atoms with Crippen LogP contribution in [0.25, 0.3) is 5.57 Å². The van der Waals surface area contributed by atoms with Gasteiger partial charge in [-0.25, -0.2) is 4.79 Å². The van der Waals surface area contributed by atoms with Crippen molar-refractivity contribution in [2.24, 2.45) is 0 Å². The molecule has 2 aliphatic heterocycles. The predicted molar refractivity (Wildman–Crippen MR) is 154 cm³/mol. The molecule has 0 spiro atoms. The van der Waals surface area contributed by atoms with E-state index in [0.717, 1.165) is 28.1 Å². The highest BCUT2D eigenvalue weighted by molar-refractivity contribution is 5.98. The normalized spacial score (nSPS) is 21.0. The highest BCUT2D eigenvalue weighted by Gasteiger charge is 2.41. The van der Waals surface area contributed by atoms with E-state index in [1.807, 2.05) is 75.2 Å². The lowest BCUT2D eigenvalue weighted by Gasteiger charge is -2.45. The van der Waals surface area contributed by atoms with Gasteiger partial charge in [0.15, 0.2) is 0 Å². The smallest absolute Gasteiger partial charge is 0.410 e. The number of methoxy groups -OCH3 is 1. The third-order valence-corrected chi connectivity index (χ3v) is 7.47. The van der Waals surface area contributed by atoms with Crippen LogP contribution in [0.5, 0.6) is 0 Å². The lowest BCUT2D eigenvalue weighted by atomic mass is 9.88. The molecule has 8 nitrogen and oxygen atoms in total. The Morgan fingerprint density at radius 1 is 1.15 bits per heavy atom. The summed E-state index contributed by atoms with van der Waals surface area (Å²) < 4.78 is 11.1. The van der Waals surface area contributed by atoms with Crippen molar-refractivity contribution in [1.29, 1.82) is 0 Å². The second-order valence-corrected chi connectivity index (χ2v) is 12.3. The molecule has 1 aromatic carbocycles. The molecule has 2 atom stereocenters. The van der Waals surface area contributed by atoms with Crippen molar-refractivity contribution >= 4 is 23.3 Å². The fourth-order valence-corrected chi connectivity index (χ4v) is 5.42. The van der Waals surface area contributed by atoms with Crippen LogP contribution in [-0.2, 0) is 19.7 Å². The molecule has 2 aromatic rings. The average molecular weight is 535 g/mol. The Morgan fingerprint density at radius 2 is 1.85 bits per heavy atom. The molecular weight excluding hydrogens is 492 g/mol. The Hall–Kier alpha value is -3.23. The Morgan fingerprint density at radius 3 is 2.49 bits per heavy atom. The Balaban J connectivity index is 1.54. The molecule has 0 radical (unpaired) electrons. The number of hydrogen-bond donors (Lipinski definition) is 0. The molecule has 2 aliphatic rings. The molecule has 8 heteroatoms. The van der Waals surface area contributed by atoms with E-state index in [2.05, 4.69) is 25.3 Å². The van der Waals surface area contributed by atoms with Crippen LogP contribution in [-0.4, -0.2) is 84.4 Å². The monoisotopic (exact) mass is 534 g/mol. The van der Waals surface area contributed by atoms with E-state index in [4.69, 9.17) is 14.5 Å². The number of rotatable bonds is 6. The Kier molecular flexibility index (Phi) is 8.19. The number of ether oxygens (including phenoxy) is 2. The number of carbonyl (C=O) groups is 2. The summed E-state index contributed by atoms with van der Waals surface area (Å²) in [7, 11) is 1.64. The van der Waals surface area contributed by atoms with Crippen molar-refractivity contribution in [3.8, 4) is 0 Å². The van der Waals surface area contributed by atoms with E-state index >= 15 is 0 Å². The van der Waals surface area contributed by atoms with Gasteiger partial charge in [-0.2, -0.15) is 0 Å². The van der Waals surface area contributed by atoms with Crippen molar-refractivity contribution in [1.82, 2.24) is 14.8 Å². The molecule has 0 aliphatic carbocycles. The van der Waals surface area contributed by atoms with Crippen molar-refractivity contribution in [2.75, 3.05) is 44.8 Å². The van der Waals surface area contributed by atoms with Gasteiger partial charge in [-0.15, -0.1) is 0 Å². The summed E-state index contributed by atoms with van der Waals surface area (Å²) in [4.78, 5) is 37.2. The number of piperazine rings is 1. The van der Waals surface area contributed by atoms with Crippen LogP contribution in [0.3, 0.4) is 0 Å². The van der Waals surface area contributed by atoms with Gasteiger partial charge >= 0.3 is 6.09 Å². The molecule has 0 saturated carbocycles. The van der Waals surface area contributed by atoms with Crippen LogP contribution in [0.4, 0.5) is 10.5 Å². The number of hydrogen-bond acceptors (Lipinski definition) is 6. The molecule has 1 fully saturated rings. The first kappa shape index (κ1) is 28.8. The van der Waals surface area contributed by atoms with Gasteiger partial charge in [0, 0.05) is 55.5 Å². The fraction of sp³-hybridized carbons (Fsp3) is 0.516. The minimum atomic E-state index is -0.573. The minimum Gasteiger partial charge on any atom is -0.444 e. The van der Waals surface area contributed by atoms with Crippen LogP contribution in [0, 0.1) is 0 Å². The molecule has 1 saturated heterocycles. The maximum atomic E-state index is 13.9. The van der Waals surface area contributed by atoms with E-state index in [1.165, 1.54) is 0 Å². The number of benzene rings is 1. The van der Waals surface area contributed by atoms with Gasteiger partial charge in [0.25, 0.3) is 0 Å². The van der Waals surface area contributed by atoms with Crippen LogP contribution in [0.15, 0.2) is 49.2 Å². The quantitative estimate of drug-likeness (QED) is 0.534. The third kappa shape index (κ3) is 6.34. The number of pyridine rings is 1. The molecule has 1 aromatic heterocycles. The largest absolute Gasteiger partial charge is 0.444 e. The van der Waals surface area contributed by atoms with E-state index in [0.29, 0.717) is 26.2 Å². The second kappa shape index (κ2) is 11.1. The lowest BCUT2D eigenvalue weighted by molar-refractivity contribution is -0.121. The summed E-state index contributed by atoms with van der Waals surface area (Å²) in [6, 6.07) is 11.7. The SMILES string of the molecule is C=C(c1ccccc1)c1cc2c(cn1)C(C)(C)CN2C(=O)CN1C[C@@H](C)N(C(=O)OC(C)(C)C)C[C@@H]1COC. The van der Waals surface area contributed by atoms with Gasteiger partial charge in [0.1, 0.15) is 5.60 Å². The first-order chi connectivity index (χ1) is 18.3. The summed E-state index contributed by atoms with van der Waals surface area (Å²) in [5.41, 5.74) is 3.72. The number of amides is 2. The summed E-state index contributed by atoms with van der Waals surface area (Å²) >= 11 is 0. The first-order valence-corrected chi connectivity index (χ1v) is 13.6. The van der Waals surface area contributed by atoms with E-state index < -0.39 is 5.60 Å². The van der Waals surface area contributed by atoms with Crippen LogP contribution >= 0.6 is 0 Å². The van der Waals surface area contributed by atoms with Gasteiger partial charge in [-0.1, -0.05) is 50.8 Å². The molecule has 210 valence electrons. The maximum absolute atomic E-state index is 13.9. The Labute approximate surface area is 232 Å². The van der Waals surface area contributed by atoms with Crippen LogP contribution < -0.4 is 4.90 Å². The van der Waals surface area contributed by atoms with Gasteiger partial charge in [0.05, 0.1) is 30.6 Å². The Bertz CT molecular complexity index is 1220. The first-order valence-electron chi connectivity index (χ1n) is 13.6. The number of fused-ring (bicyclic) bond motifs is 1. The van der Waals surface area contributed by atoms with Crippen molar-refractivity contribution in [2.45, 2.75) is 64.6 Å². The highest BCUT2D eigenvalue weighted by Crippen LogP contribution is 2.41. The second-order valence-electron chi connectivity index (χ2n) is 12.3. The number of anilines is 1. The zero-order valence-electron chi connectivity index (χ0n) is 24.4. The number of aromatic nitrogens is 1. The van der Waals surface area contributed by atoms with Crippen LogP contribution in [0.1, 0.15) is 58.4 Å². The fourth-order valence-electron chi connectivity index (χ4n) is 5.42. The molecule has 39 heavy (non-hydrogen) atoms. The summed E-state index contributed by atoms with van der Waals surface area (Å²) in [5.74, 6) is 0.0170. The molecule has 0 unspecified atom stereocenters. The number of carbonyl (C=O) groups excluding carboxylic acids is 2. The zero-order valence-corrected chi connectivity index (χ0v) is 24.4. The molecule has 3 heterocycles. The standard InChI is InChI=1S/C31H42N4O4/c1-21-16-33(24(19-38-8)17-34(21)29(37)39-30(3,4)5)18-28(36)35-20-31(6,7)25-15-32-26(14-27(25)35)22(2)23-12-10-9-11-13-23/h9-15,21,24H,2,16-20H2,1,3-8H3/t21-,24-/m1/s1. The maximum Gasteiger partial charge on any atom is 0.410 e. The van der Waals surface area contributed by atoms with Gasteiger partial charge < -0.3 is 19.3 Å². The van der Waals surface area contributed by atoms with Gasteiger partial charge in [0.2, 0.25) is 5.91 Å². The van der Waals surface area contributed by atoms with Crippen LogP contribution in [0.2, 0.25) is 0 Å². The molecule has 4 rings (SSSR count). The summed E-state index contributed by atoms with van der Waals surface area (Å²) in [5, 5.41) is 0. The summed E-state index contributed by atoms with van der Waals surface area (Å²) in [6.45, 7) is 18.3. The highest BCUT2D eigenvalue weighted by atomic mass is 16.6. The predicted octanol–water partition coefficient (Wildman–Crippen LogP) is 4.72. The van der Waals surface area contributed by atoms with Gasteiger partial charge in [-0.3, -0.25) is 14.7 Å². The van der Waals surface area contributed by atoms with Crippen molar-refractivity contribution < 1.29 is 19.1 Å². The molecule has 0 N–H and O–H groups in total. The minimum absolute atomic E-state index is 0.0170. The van der Waals surface area contributed by atoms with E-state index in [9.17, 15) is 9.59 Å². The van der Waals surface area contributed by atoms with Crippen molar-refractivity contribution in [3.63, 3.8) is 0 Å². The van der Waals surface area contributed by atoms with Gasteiger partial charge in [-0.05, 0) is 39.3 Å². The zero-order chi connectivity index (χ0) is 28.5. The van der Waals surface area contributed by atoms with Crippen molar-refractivity contribution in [3.05, 3.63) is 66.0 Å². The molecule has 2 amide bonds. The lowest BCUT2D eigenvalue weighted by Crippen LogP contribution is -2.62. The topological polar surface area (TPSA) is 75.2 Å². The summed E-state index contributed by atoms with van der Waals surface area (Å²) in [6.07, 6.45) is 1.55. The third-order valence-electron chi connectivity index (χ3n) is 7.47. The number of nitrogens with zero attached hydrogens (tertiary/aromatic N) is 4.